The van der Waals surface area contributed by atoms with Gasteiger partial charge in [-0.2, -0.15) is 0 Å². The van der Waals surface area contributed by atoms with Gasteiger partial charge in [-0.3, -0.25) is 14.4 Å². The number of hydrogen-bond donors (Lipinski definition) is 5. The van der Waals surface area contributed by atoms with E-state index >= 15 is 0 Å². The van der Waals surface area contributed by atoms with Crippen LogP contribution in [0.3, 0.4) is 0 Å². The number of nitrogens with one attached hydrogen (secondary N) is 3. The highest BCUT2D eigenvalue weighted by molar-refractivity contribution is 6.05. The van der Waals surface area contributed by atoms with E-state index in [0.29, 0.717) is 41.9 Å². The van der Waals surface area contributed by atoms with E-state index < -0.39 is 0 Å². The molecule has 0 fully saturated rings. The first kappa shape index (κ1) is 34.2. The molecule has 0 saturated heterocycles. The van der Waals surface area contributed by atoms with E-state index in [2.05, 4.69) is 16.0 Å². The Hall–Kier alpha value is -4.34. The topological polar surface area (TPSA) is 145 Å². The van der Waals surface area contributed by atoms with Gasteiger partial charge in [0.2, 0.25) is 0 Å². The summed E-state index contributed by atoms with van der Waals surface area (Å²) in [6, 6.07) is 20.5. The summed E-state index contributed by atoms with van der Waals surface area (Å²) in [4.78, 5) is 49.8. The quantitative estimate of drug-likeness (QED) is 0.0880. The Morgan fingerprint density at radius 3 is 1.68 bits per heavy atom. The van der Waals surface area contributed by atoms with Crippen LogP contribution in [0.5, 0.6) is 0 Å². The molecule has 9 nitrogen and oxygen atoms in total. The van der Waals surface area contributed by atoms with Crippen LogP contribution in [0, 0.1) is 0 Å². The maximum Gasteiger partial charge on any atom is 0.319 e. The van der Waals surface area contributed by atoms with Gasteiger partial charge >= 0.3 is 6.03 Å². The van der Waals surface area contributed by atoms with Crippen molar-refractivity contribution in [2.24, 2.45) is 0 Å². The minimum absolute atomic E-state index is 0.0893. The molecule has 0 aromatic heterocycles. The lowest BCUT2D eigenvalue weighted by Gasteiger charge is -2.09. The Kier molecular flexibility index (Phi) is 14.8. The lowest BCUT2D eigenvalue weighted by Crippen LogP contribution is -2.29. The van der Waals surface area contributed by atoms with Crippen molar-refractivity contribution < 1.29 is 29.4 Å². The standard InChI is InChI=1S/C35H43N3O6/c39-22-6-2-1-4-8-32(41)24-26-9-17-30(18-10-26)37-34(43)29-15-13-28(14-16-29)33(42)25-27-11-19-31(20-12-27)38-35(44)36-21-5-3-7-23-40/h9-20,39-40H,1-8,21-25H2,(H,37,43)(H2,36,38,44). The predicted octanol–water partition coefficient (Wildman–Crippen LogP) is 5.70. The number of Topliss-reactive ketones (excluding diaryl/α,β-unsaturated/α-hetero) is 2. The van der Waals surface area contributed by atoms with E-state index in [-0.39, 0.29) is 43.1 Å². The van der Waals surface area contributed by atoms with Crippen LogP contribution in [0.15, 0.2) is 72.8 Å². The number of urea groups is 1. The van der Waals surface area contributed by atoms with Crippen molar-refractivity contribution in [3.05, 3.63) is 95.1 Å². The van der Waals surface area contributed by atoms with Gasteiger partial charge in [-0.1, -0.05) is 49.2 Å². The molecule has 234 valence electrons. The molecular weight excluding hydrogens is 558 g/mol. The Morgan fingerprint density at radius 2 is 1.07 bits per heavy atom. The number of anilines is 2. The average molecular weight is 602 g/mol. The number of ketones is 2. The molecule has 0 aliphatic carbocycles. The number of hydrogen-bond acceptors (Lipinski definition) is 6. The Balaban J connectivity index is 1.42. The van der Waals surface area contributed by atoms with Crippen molar-refractivity contribution in [2.75, 3.05) is 30.4 Å². The Labute approximate surface area is 259 Å². The third-order valence-corrected chi connectivity index (χ3v) is 7.14. The van der Waals surface area contributed by atoms with Gasteiger partial charge in [0.25, 0.3) is 5.91 Å². The van der Waals surface area contributed by atoms with Gasteiger partial charge in [0.05, 0.1) is 0 Å². The lowest BCUT2D eigenvalue weighted by atomic mass is 10.0. The first-order valence-corrected chi connectivity index (χ1v) is 15.3. The summed E-state index contributed by atoms with van der Waals surface area (Å²) in [5.74, 6) is -0.210. The van der Waals surface area contributed by atoms with Crippen LogP contribution in [0.25, 0.3) is 0 Å². The van der Waals surface area contributed by atoms with Gasteiger partial charge < -0.3 is 26.2 Å². The van der Waals surface area contributed by atoms with E-state index in [1.807, 2.05) is 12.1 Å². The van der Waals surface area contributed by atoms with Crippen LogP contribution in [0.4, 0.5) is 16.2 Å². The predicted molar refractivity (Wildman–Crippen MR) is 172 cm³/mol. The molecule has 44 heavy (non-hydrogen) atoms. The normalized spacial score (nSPS) is 10.7. The van der Waals surface area contributed by atoms with Crippen LogP contribution >= 0.6 is 0 Å². The van der Waals surface area contributed by atoms with Crippen LogP contribution < -0.4 is 16.0 Å². The molecule has 0 bridgehead atoms. The summed E-state index contributed by atoms with van der Waals surface area (Å²) < 4.78 is 0. The van der Waals surface area contributed by atoms with Gasteiger partial charge in [-0.15, -0.1) is 0 Å². The number of rotatable bonds is 19. The summed E-state index contributed by atoms with van der Waals surface area (Å²) >= 11 is 0. The zero-order valence-corrected chi connectivity index (χ0v) is 25.1. The van der Waals surface area contributed by atoms with Crippen molar-refractivity contribution in [1.29, 1.82) is 0 Å². The number of aliphatic hydroxyl groups excluding tert-OH is 2. The number of unbranched alkanes of at least 4 members (excludes halogenated alkanes) is 5. The third-order valence-electron chi connectivity index (χ3n) is 7.14. The molecule has 0 aliphatic rings. The van der Waals surface area contributed by atoms with Gasteiger partial charge in [0, 0.05) is 61.5 Å². The summed E-state index contributed by atoms with van der Waals surface area (Å²) in [5, 5.41) is 26.0. The smallest absolute Gasteiger partial charge is 0.319 e. The van der Waals surface area contributed by atoms with Crippen molar-refractivity contribution in [3.63, 3.8) is 0 Å². The lowest BCUT2D eigenvalue weighted by molar-refractivity contribution is -0.118. The fraction of sp³-hybridized carbons (Fsp3) is 0.371. The number of aliphatic hydroxyl groups is 2. The first-order valence-electron chi connectivity index (χ1n) is 15.3. The second-order valence-corrected chi connectivity index (χ2v) is 10.8. The van der Waals surface area contributed by atoms with Crippen LogP contribution in [-0.4, -0.2) is 53.5 Å². The fourth-order valence-electron chi connectivity index (χ4n) is 4.60. The van der Waals surface area contributed by atoms with Gasteiger partial charge in [0.1, 0.15) is 5.78 Å². The van der Waals surface area contributed by atoms with Gasteiger partial charge in [-0.25, -0.2) is 4.79 Å². The number of benzene rings is 3. The third kappa shape index (κ3) is 12.5. The van der Waals surface area contributed by atoms with Crippen LogP contribution in [0.2, 0.25) is 0 Å². The molecule has 3 amide bonds. The molecule has 0 spiro atoms. The summed E-state index contributed by atoms with van der Waals surface area (Å²) in [5.41, 5.74) is 3.84. The van der Waals surface area contributed by atoms with Crippen molar-refractivity contribution in [2.45, 2.75) is 64.2 Å². The highest BCUT2D eigenvalue weighted by Crippen LogP contribution is 2.16. The van der Waals surface area contributed by atoms with E-state index in [4.69, 9.17) is 10.2 Å². The monoisotopic (exact) mass is 601 g/mol. The average Bonchev–Trinajstić information content (AvgIpc) is 3.03. The SMILES string of the molecule is O=C(CCCCCCO)Cc1ccc(NC(=O)c2ccc(C(=O)Cc3ccc(NC(=O)NCCCCCO)cc3)cc2)cc1. The molecular formula is C35H43N3O6. The summed E-state index contributed by atoms with van der Waals surface area (Å²) in [7, 11) is 0. The van der Waals surface area contributed by atoms with E-state index in [9.17, 15) is 19.2 Å². The molecule has 3 aromatic rings. The van der Waals surface area contributed by atoms with Crippen molar-refractivity contribution in [1.82, 2.24) is 5.32 Å². The second-order valence-electron chi connectivity index (χ2n) is 10.8. The largest absolute Gasteiger partial charge is 0.396 e. The van der Waals surface area contributed by atoms with E-state index in [1.165, 1.54) is 0 Å². The molecule has 3 rings (SSSR count). The summed E-state index contributed by atoms with van der Waals surface area (Å²) in [6.45, 7) is 0.876. The molecule has 5 N–H and O–H groups in total. The fourth-order valence-corrected chi connectivity index (χ4v) is 4.60. The van der Waals surface area contributed by atoms with Crippen molar-refractivity contribution in [3.8, 4) is 0 Å². The second kappa shape index (κ2) is 19.0. The molecule has 0 heterocycles. The molecule has 0 saturated carbocycles. The van der Waals surface area contributed by atoms with Gasteiger partial charge in [0.15, 0.2) is 5.78 Å². The molecule has 9 heteroatoms. The van der Waals surface area contributed by atoms with E-state index in [1.54, 1.807) is 60.7 Å². The Morgan fingerprint density at radius 1 is 0.545 bits per heavy atom. The zero-order chi connectivity index (χ0) is 31.6. The van der Waals surface area contributed by atoms with Gasteiger partial charge in [-0.05, 0) is 79.6 Å². The number of carbonyl (C=O) groups is 4. The highest BCUT2D eigenvalue weighted by Gasteiger charge is 2.11. The molecule has 0 radical (unpaired) electrons. The molecule has 0 aliphatic heterocycles. The highest BCUT2D eigenvalue weighted by atomic mass is 16.3. The zero-order valence-electron chi connectivity index (χ0n) is 25.1. The number of amides is 3. The van der Waals surface area contributed by atoms with Crippen molar-refractivity contribution >= 4 is 34.9 Å². The molecule has 3 aromatic carbocycles. The first-order chi connectivity index (χ1) is 21.4. The minimum atomic E-state index is -0.302. The van der Waals surface area contributed by atoms with Crippen LogP contribution in [-0.2, 0) is 17.6 Å². The Bertz CT molecular complexity index is 1230. The molecule has 0 atom stereocenters. The van der Waals surface area contributed by atoms with E-state index in [0.717, 1.165) is 56.1 Å². The molecule has 0 unspecified atom stereocenters. The maximum absolute atomic E-state index is 12.8. The summed E-state index contributed by atoms with van der Waals surface area (Å²) in [6.07, 6.45) is 6.92. The maximum atomic E-state index is 12.8. The minimum Gasteiger partial charge on any atom is -0.396 e. The van der Waals surface area contributed by atoms with Crippen LogP contribution in [0.1, 0.15) is 83.2 Å². The number of carbonyl (C=O) groups excluding carboxylic acids is 4.